The first-order chi connectivity index (χ1) is 11.2. The maximum Gasteiger partial charge on any atom is 0.191 e. The largest absolute Gasteiger partial charge is 0.383 e. The van der Waals surface area contributed by atoms with Crippen molar-refractivity contribution in [1.82, 2.24) is 15.5 Å². The first-order valence-corrected chi connectivity index (χ1v) is 8.10. The Morgan fingerprint density at radius 3 is 2.67 bits per heavy atom. The number of methoxy groups -OCH3 is 1. The molecule has 0 radical (unpaired) electrons. The van der Waals surface area contributed by atoms with E-state index in [1.165, 1.54) is 6.07 Å². The quantitative estimate of drug-likeness (QED) is 0.325. The van der Waals surface area contributed by atoms with Gasteiger partial charge in [-0.3, -0.25) is 4.99 Å². The Hall–Kier alpha value is -0.930. The predicted octanol–water partition coefficient (Wildman–Crippen LogP) is 2.12. The zero-order chi connectivity index (χ0) is 16.9. The second kappa shape index (κ2) is 14.4. The molecule has 1 rings (SSSR count). The van der Waals surface area contributed by atoms with E-state index in [1.54, 1.807) is 13.2 Å². The van der Waals surface area contributed by atoms with E-state index in [0.717, 1.165) is 37.8 Å². The van der Waals surface area contributed by atoms with E-state index in [-0.39, 0.29) is 29.8 Å². The number of hydrogen-bond donors (Lipinski definition) is 2. The standard InChI is InChI=1S/C17H29FN4O.HI/c1-4-19-17(21-11-12-22(2)13-14-23-3)20-10-9-15-7-5-6-8-16(15)18;/h5-8H,4,9-14H2,1-3H3,(H2,19,20,21);1H. The monoisotopic (exact) mass is 452 g/mol. The summed E-state index contributed by atoms with van der Waals surface area (Å²) in [4.78, 5) is 6.71. The molecule has 24 heavy (non-hydrogen) atoms. The van der Waals surface area contributed by atoms with E-state index in [4.69, 9.17) is 4.74 Å². The van der Waals surface area contributed by atoms with Crippen LogP contribution in [0, 0.1) is 5.82 Å². The van der Waals surface area contributed by atoms with Crippen molar-refractivity contribution in [3.8, 4) is 0 Å². The highest BCUT2D eigenvalue weighted by atomic mass is 127. The molecule has 0 fully saturated rings. The minimum absolute atomic E-state index is 0. The number of nitrogens with zero attached hydrogens (tertiary/aromatic N) is 2. The van der Waals surface area contributed by atoms with Gasteiger partial charge in [-0.05, 0) is 32.0 Å². The van der Waals surface area contributed by atoms with Gasteiger partial charge in [-0.1, -0.05) is 18.2 Å². The molecule has 0 atom stereocenters. The average molecular weight is 452 g/mol. The molecule has 0 spiro atoms. The lowest BCUT2D eigenvalue weighted by Gasteiger charge is -2.15. The summed E-state index contributed by atoms with van der Waals surface area (Å²) in [6, 6.07) is 6.86. The summed E-state index contributed by atoms with van der Waals surface area (Å²) in [6.45, 7) is 6.66. The van der Waals surface area contributed by atoms with Crippen molar-refractivity contribution in [2.75, 3.05) is 53.5 Å². The highest BCUT2D eigenvalue weighted by Gasteiger charge is 2.02. The van der Waals surface area contributed by atoms with E-state index in [0.29, 0.717) is 19.5 Å². The molecule has 0 aromatic heterocycles. The van der Waals surface area contributed by atoms with E-state index < -0.39 is 0 Å². The molecule has 0 bridgehead atoms. The van der Waals surface area contributed by atoms with Gasteiger partial charge in [0.05, 0.1) is 13.2 Å². The van der Waals surface area contributed by atoms with E-state index in [9.17, 15) is 4.39 Å². The molecule has 0 heterocycles. The Morgan fingerprint density at radius 1 is 1.25 bits per heavy atom. The molecule has 0 aliphatic heterocycles. The van der Waals surface area contributed by atoms with Gasteiger partial charge in [-0.25, -0.2) is 4.39 Å². The minimum atomic E-state index is -0.156. The molecular formula is C17H30FIN4O. The number of benzene rings is 1. The molecule has 0 saturated heterocycles. The smallest absolute Gasteiger partial charge is 0.191 e. The van der Waals surface area contributed by atoms with Crippen LogP contribution in [0.5, 0.6) is 0 Å². The maximum atomic E-state index is 13.6. The summed E-state index contributed by atoms with van der Waals surface area (Å²) in [5.41, 5.74) is 0.718. The van der Waals surface area contributed by atoms with Crippen molar-refractivity contribution in [3.63, 3.8) is 0 Å². The van der Waals surface area contributed by atoms with Crippen LogP contribution < -0.4 is 10.6 Å². The number of halogens is 2. The van der Waals surface area contributed by atoms with Crippen LogP contribution in [0.25, 0.3) is 0 Å². The number of aliphatic imine (C=N–C) groups is 1. The summed E-state index contributed by atoms with van der Waals surface area (Å²) < 4.78 is 18.6. The fourth-order valence-corrected chi connectivity index (χ4v) is 2.05. The van der Waals surface area contributed by atoms with Crippen LogP contribution in [0.4, 0.5) is 4.39 Å². The number of hydrogen-bond acceptors (Lipinski definition) is 3. The molecule has 138 valence electrons. The number of ether oxygens (including phenoxy) is 1. The van der Waals surface area contributed by atoms with E-state index in [2.05, 4.69) is 20.5 Å². The van der Waals surface area contributed by atoms with Gasteiger partial charge in [0.25, 0.3) is 0 Å². The van der Waals surface area contributed by atoms with Gasteiger partial charge in [0, 0.05) is 33.3 Å². The van der Waals surface area contributed by atoms with Gasteiger partial charge in [-0.15, -0.1) is 24.0 Å². The first kappa shape index (κ1) is 23.1. The molecule has 0 amide bonds. The van der Waals surface area contributed by atoms with Gasteiger partial charge in [-0.2, -0.15) is 0 Å². The average Bonchev–Trinajstić information content (AvgIpc) is 2.54. The van der Waals surface area contributed by atoms with Crippen LogP contribution in [-0.4, -0.2) is 64.3 Å². The maximum absolute atomic E-state index is 13.6. The fraction of sp³-hybridized carbons (Fsp3) is 0.588. The third kappa shape index (κ3) is 10.0. The van der Waals surface area contributed by atoms with Crippen molar-refractivity contribution >= 4 is 29.9 Å². The molecular weight excluding hydrogens is 422 g/mol. The lowest BCUT2D eigenvalue weighted by molar-refractivity contribution is 0.163. The van der Waals surface area contributed by atoms with Gasteiger partial charge in [0.2, 0.25) is 0 Å². The molecule has 5 nitrogen and oxygen atoms in total. The Kier molecular flexibility index (Phi) is 13.9. The Morgan fingerprint density at radius 2 is 2.00 bits per heavy atom. The number of rotatable bonds is 10. The Labute approximate surface area is 162 Å². The third-order valence-electron chi connectivity index (χ3n) is 3.42. The van der Waals surface area contributed by atoms with E-state index in [1.807, 2.05) is 26.1 Å². The van der Waals surface area contributed by atoms with Gasteiger partial charge >= 0.3 is 0 Å². The van der Waals surface area contributed by atoms with Crippen molar-refractivity contribution in [2.24, 2.45) is 4.99 Å². The van der Waals surface area contributed by atoms with Crippen molar-refractivity contribution in [1.29, 1.82) is 0 Å². The zero-order valence-corrected chi connectivity index (χ0v) is 17.2. The molecule has 0 unspecified atom stereocenters. The summed E-state index contributed by atoms with van der Waals surface area (Å²) in [5, 5.41) is 6.44. The second-order valence-corrected chi connectivity index (χ2v) is 5.32. The molecule has 0 aliphatic rings. The third-order valence-corrected chi connectivity index (χ3v) is 3.42. The first-order valence-electron chi connectivity index (χ1n) is 8.10. The van der Waals surface area contributed by atoms with Gasteiger partial charge < -0.3 is 20.3 Å². The lowest BCUT2D eigenvalue weighted by Crippen LogP contribution is -2.39. The SMILES string of the molecule is CCNC(=NCCN(C)CCOC)NCCc1ccccc1F.I. The molecule has 2 N–H and O–H groups in total. The summed E-state index contributed by atoms with van der Waals surface area (Å²) in [7, 11) is 3.75. The van der Waals surface area contributed by atoms with Gasteiger partial charge in [0.15, 0.2) is 5.96 Å². The molecule has 0 saturated carbocycles. The van der Waals surface area contributed by atoms with Crippen LogP contribution in [0.15, 0.2) is 29.3 Å². The minimum Gasteiger partial charge on any atom is -0.383 e. The number of nitrogens with one attached hydrogen (secondary N) is 2. The molecule has 7 heteroatoms. The van der Waals surface area contributed by atoms with Crippen LogP contribution in [0.2, 0.25) is 0 Å². The van der Waals surface area contributed by atoms with E-state index >= 15 is 0 Å². The highest BCUT2D eigenvalue weighted by molar-refractivity contribution is 14.0. The van der Waals surface area contributed by atoms with Crippen LogP contribution in [-0.2, 0) is 11.2 Å². The fourth-order valence-electron chi connectivity index (χ4n) is 2.05. The van der Waals surface area contributed by atoms with Crippen LogP contribution in [0.3, 0.4) is 0 Å². The normalized spacial score (nSPS) is 11.3. The van der Waals surface area contributed by atoms with Crippen LogP contribution >= 0.6 is 24.0 Å². The summed E-state index contributed by atoms with van der Waals surface area (Å²) in [5.74, 6) is 0.611. The number of guanidine groups is 1. The predicted molar refractivity (Wildman–Crippen MR) is 109 cm³/mol. The van der Waals surface area contributed by atoms with Crippen molar-refractivity contribution in [3.05, 3.63) is 35.6 Å². The zero-order valence-electron chi connectivity index (χ0n) is 14.8. The lowest BCUT2D eigenvalue weighted by atomic mass is 10.1. The Bertz CT molecular complexity index is 474. The second-order valence-electron chi connectivity index (χ2n) is 5.32. The van der Waals surface area contributed by atoms with Crippen LogP contribution in [0.1, 0.15) is 12.5 Å². The molecule has 0 aliphatic carbocycles. The topological polar surface area (TPSA) is 48.9 Å². The summed E-state index contributed by atoms with van der Waals surface area (Å²) in [6.07, 6.45) is 0.630. The summed E-state index contributed by atoms with van der Waals surface area (Å²) >= 11 is 0. The number of likely N-dealkylation sites (N-methyl/N-ethyl adjacent to an activating group) is 1. The molecule has 1 aromatic rings. The van der Waals surface area contributed by atoms with Gasteiger partial charge in [0.1, 0.15) is 5.82 Å². The Balaban J connectivity index is 0.00000529. The van der Waals surface area contributed by atoms with Crippen molar-refractivity contribution in [2.45, 2.75) is 13.3 Å². The molecule has 1 aromatic carbocycles. The van der Waals surface area contributed by atoms with Crippen molar-refractivity contribution < 1.29 is 9.13 Å². The highest BCUT2D eigenvalue weighted by Crippen LogP contribution is 2.05.